The average molecular weight is 355 g/mol. The van der Waals surface area contributed by atoms with Crippen LogP contribution in [0.2, 0.25) is 0 Å². The molecular weight excluding hydrogens is 330 g/mol. The standard InChI is InChI=1S/C21H25NO4/c1-24-19-10-8-16(14-20(19)25-2)9-11-21(23)22-13-12-18(15-22)26-17-6-4-3-5-7-17/h3-8,10,14,18H,9,11-13,15H2,1-2H3. The number of amides is 1. The maximum atomic E-state index is 12.5. The number of para-hydroxylation sites is 1. The Morgan fingerprint density at radius 3 is 2.58 bits per heavy atom. The third-order valence-corrected chi connectivity index (χ3v) is 4.62. The molecule has 1 amide bonds. The number of hydrogen-bond acceptors (Lipinski definition) is 4. The molecule has 0 saturated carbocycles. The maximum absolute atomic E-state index is 12.5. The zero-order chi connectivity index (χ0) is 18.4. The van der Waals surface area contributed by atoms with Gasteiger partial charge in [0, 0.05) is 19.4 Å². The van der Waals surface area contributed by atoms with Gasteiger partial charge in [0.25, 0.3) is 0 Å². The topological polar surface area (TPSA) is 48.0 Å². The molecule has 0 spiro atoms. The van der Waals surface area contributed by atoms with Crippen LogP contribution in [0, 0.1) is 0 Å². The van der Waals surface area contributed by atoms with E-state index >= 15 is 0 Å². The lowest BCUT2D eigenvalue weighted by molar-refractivity contribution is -0.130. The lowest BCUT2D eigenvalue weighted by Gasteiger charge is -2.17. The monoisotopic (exact) mass is 355 g/mol. The maximum Gasteiger partial charge on any atom is 0.223 e. The molecule has 0 N–H and O–H groups in total. The highest BCUT2D eigenvalue weighted by Crippen LogP contribution is 2.28. The van der Waals surface area contributed by atoms with Crippen molar-refractivity contribution in [1.82, 2.24) is 4.90 Å². The fourth-order valence-electron chi connectivity index (χ4n) is 3.19. The molecule has 1 fully saturated rings. The molecule has 2 aromatic carbocycles. The number of ether oxygens (including phenoxy) is 3. The van der Waals surface area contributed by atoms with Crippen LogP contribution < -0.4 is 14.2 Å². The van der Waals surface area contributed by atoms with Crippen molar-refractivity contribution in [2.45, 2.75) is 25.4 Å². The molecule has 1 aliphatic heterocycles. The number of benzene rings is 2. The summed E-state index contributed by atoms with van der Waals surface area (Å²) in [4.78, 5) is 14.4. The van der Waals surface area contributed by atoms with Crippen molar-refractivity contribution in [3.8, 4) is 17.2 Å². The Hall–Kier alpha value is -2.69. The summed E-state index contributed by atoms with van der Waals surface area (Å²) in [6.45, 7) is 1.40. The Kier molecular flexibility index (Phi) is 6.00. The number of likely N-dealkylation sites (tertiary alicyclic amines) is 1. The molecule has 2 aromatic rings. The normalized spacial score (nSPS) is 16.4. The molecule has 1 heterocycles. The summed E-state index contributed by atoms with van der Waals surface area (Å²) in [7, 11) is 3.23. The molecule has 5 nitrogen and oxygen atoms in total. The van der Waals surface area contributed by atoms with Crippen molar-refractivity contribution >= 4 is 5.91 Å². The Balaban J connectivity index is 1.50. The fourth-order valence-corrected chi connectivity index (χ4v) is 3.19. The zero-order valence-electron chi connectivity index (χ0n) is 15.3. The summed E-state index contributed by atoms with van der Waals surface area (Å²) in [6, 6.07) is 15.5. The van der Waals surface area contributed by atoms with Gasteiger partial charge in [0.15, 0.2) is 11.5 Å². The van der Waals surface area contributed by atoms with E-state index in [9.17, 15) is 4.79 Å². The Morgan fingerprint density at radius 1 is 1.08 bits per heavy atom. The van der Waals surface area contributed by atoms with E-state index in [-0.39, 0.29) is 12.0 Å². The number of carbonyl (C=O) groups excluding carboxylic acids is 1. The number of nitrogens with zero attached hydrogens (tertiary/aromatic N) is 1. The minimum absolute atomic E-state index is 0.0717. The minimum Gasteiger partial charge on any atom is -0.493 e. The third kappa shape index (κ3) is 4.48. The van der Waals surface area contributed by atoms with Crippen LogP contribution in [-0.4, -0.2) is 44.2 Å². The van der Waals surface area contributed by atoms with Gasteiger partial charge in [-0.15, -0.1) is 0 Å². The number of carbonyl (C=O) groups is 1. The van der Waals surface area contributed by atoms with Crippen LogP contribution in [0.15, 0.2) is 48.5 Å². The summed E-state index contributed by atoms with van der Waals surface area (Å²) in [6.07, 6.45) is 2.10. The molecule has 26 heavy (non-hydrogen) atoms. The summed E-state index contributed by atoms with van der Waals surface area (Å²) in [5.74, 6) is 2.41. The Morgan fingerprint density at radius 2 is 1.85 bits per heavy atom. The van der Waals surface area contributed by atoms with Crippen LogP contribution >= 0.6 is 0 Å². The van der Waals surface area contributed by atoms with Gasteiger partial charge < -0.3 is 19.1 Å². The summed E-state index contributed by atoms with van der Waals surface area (Å²) >= 11 is 0. The number of hydrogen-bond donors (Lipinski definition) is 0. The van der Waals surface area contributed by atoms with E-state index in [4.69, 9.17) is 14.2 Å². The van der Waals surface area contributed by atoms with Crippen molar-refractivity contribution in [2.75, 3.05) is 27.3 Å². The lowest BCUT2D eigenvalue weighted by Crippen LogP contribution is -2.31. The Labute approximate surface area is 154 Å². The van der Waals surface area contributed by atoms with Crippen molar-refractivity contribution in [3.05, 3.63) is 54.1 Å². The molecule has 1 aliphatic rings. The molecule has 0 bridgehead atoms. The molecule has 5 heteroatoms. The third-order valence-electron chi connectivity index (χ3n) is 4.62. The van der Waals surface area contributed by atoms with Gasteiger partial charge in [0.05, 0.1) is 20.8 Å². The highest BCUT2D eigenvalue weighted by atomic mass is 16.5. The summed E-state index contributed by atoms with van der Waals surface area (Å²) in [5.41, 5.74) is 1.06. The second-order valence-electron chi connectivity index (χ2n) is 6.37. The number of rotatable bonds is 7. The average Bonchev–Trinajstić information content (AvgIpc) is 3.15. The number of aryl methyl sites for hydroxylation is 1. The number of methoxy groups -OCH3 is 2. The van der Waals surface area contributed by atoms with E-state index in [1.54, 1.807) is 14.2 Å². The summed E-state index contributed by atoms with van der Waals surface area (Å²) in [5, 5.41) is 0. The van der Waals surface area contributed by atoms with Crippen LogP contribution in [0.3, 0.4) is 0 Å². The van der Waals surface area contributed by atoms with Crippen molar-refractivity contribution in [3.63, 3.8) is 0 Å². The van der Waals surface area contributed by atoms with Gasteiger partial charge in [0.1, 0.15) is 11.9 Å². The SMILES string of the molecule is COc1ccc(CCC(=O)N2CCC(Oc3ccccc3)C2)cc1OC. The van der Waals surface area contributed by atoms with Crippen molar-refractivity contribution < 1.29 is 19.0 Å². The van der Waals surface area contributed by atoms with E-state index in [0.717, 1.165) is 24.3 Å². The molecule has 138 valence electrons. The van der Waals surface area contributed by atoms with Crippen molar-refractivity contribution in [1.29, 1.82) is 0 Å². The van der Waals surface area contributed by atoms with E-state index in [0.29, 0.717) is 30.9 Å². The zero-order valence-corrected chi connectivity index (χ0v) is 15.3. The predicted octanol–water partition coefficient (Wildman–Crippen LogP) is 3.32. The Bertz CT molecular complexity index is 732. The van der Waals surface area contributed by atoms with E-state index in [1.807, 2.05) is 53.4 Å². The van der Waals surface area contributed by atoms with Crippen LogP contribution in [0.25, 0.3) is 0 Å². The first kappa shape index (κ1) is 18.1. The molecule has 1 atom stereocenters. The van der Waals surface area contributed by atoms with E-state index in [1.165, 1.54) is 0 Å². The van der Waals surface area contributed by atoms with Crippen LogP contribution in [0.5, 0.6) is 17.2 Å². The molecular formula is C21H25NO4. The van der Waals surface area contributed by atoms with Gasteiger partial charge >= 0.3 is 0 Å². The van der Waals surface area contributed by atoms with Gasteiger partial charge in [-0.05, 0) is 36.2 Å². The lowest BCUT2D eigenvalue weighted by atomic mass is 10.1. The fraction of sp³-hybridized carbons (Fsp3) is 0.381. The first-order valence-corrected chi connectivity index (χ1v) is 8.90. The molecule has 1 saturated heterocycles. The van der Waals surface area contributed by atoms with Crippen LogP contribution in [0.4, 0.5) is 0 Å². The summed E-state index contributed by atoms with van der Waals surface area (Å²) < 4.78 is 16.5. The van der Waals surface area contributed by atoms with Crippen LogP contribution in [0.1, 0.15) is 18.4 Å². The molecule has 0 aromatic heterocycles. The van der Waals surface area contributed by atoms with Gasteiger partial charge in [-0.1, -0.05) is 24.3 Å². The van der Waals surface area contributed by atoms with E-state index < -0.39 is 0 Å². The largest absolute Gasteiger partial charge is 0.493 e. The van der Waals surface area contributed by atoms with Gasteiger partial charge in [-0.2, -0.15) is 0 Å². The highest BCUT2D eigenvalue weighted by molar-refractivity contribution is 5.76. The first-order chi connectivity index (χ1) is 12.7. The van der Waals surface area contributed by atoms with Crippen LogP contribution in [-0.2, 0) is 11.2 Å². The molecule has 3 rings (SSSR count). The second kappa shape index (κ2) is 8.61. The molecule has 0 aliphatic carbocycles. The highest BCUT2D eigenvalue weighted by Gasteiger charge is 2.27. The quantitative estimate of drug-likeness (QED) is 0.764. The molecule has 0 radical (unpaired) electrons. The van der Waals surface area contributed by atoms with E-state index in [2.05, 4.69) is 0 Å². The second-order valence-corrected chi connectivity index (χ2v) is 6.37. The van der Waals surface area contributed by atoms with Crippen molar-refractivity contribution in [2.24, 2.45) is 0 Å². The van der Waals surface area contributed by atoms with Gasteiger partial charge in [-0.3, -0.25) is 4.79 Å². The minimum atomic E-state index is 0.0717. The molecule has 1 unspecified atom stereocenters. The smallest absolute Gasteiger partial charge is 0.223 e. The van der Waals surface area contributed by atoms with Gasteiger partial charge in [0.2, 0.25) is 5.91 Å². The van der Waals surface area contributed by atoms with Gasteiger partial charge in [-0.25, -0.2) is 0 Å². The predicted molar refractivity (Wildman–Crippen MR) is 99.9 cm³/mol. The first-order valence-electron chi connectivity index (χ1n) is 8.90.